The SMILES string of the molecule is O=C(CCc1ccc(S(=O)(=O)N2CCCCC2)cc1)NCc1cccc(NC(=O)c2ccco2)c1. The van der Waals surface area contributed by atoms with Gasteiger partial charge >= 0.3 is 0 Å². The molecule has 0 saturated carbocycles. The molecule has 9 heteroatoms. The van der Waals surface area contributed by atoms with Gasteiger partial charge in [0, 0.05) is 31.7 Å². The Morgan fingerprint density at radius 2 is 1.69 bits per heavy atom. The molecule has 1 fully saturated rings. The van der Waals surface area contributed by atoms with E-state index in [9.17, 15) is 18.0 Å². The van der Waals surface area contributed by atoms with Gasteiger partial charge in [0.2, 0.25) is 15.9 Å². The van der Waals surface area contributed by atoms with Gasteiger partial charge < -0.3 is 15.1 Å². The van der Waals surface area contributed by atoms with Gasteiger partial charge in [0.15, 0.2) is 5.76 Å². The Labute approximate surface area is 205 Å². The summed E-state index contributed by atoms with van der Waals surface area (Å²) in [5.74, 6) is -0.230. The van der Waals surface area contributed by atoms with Crippen LogP contribution in [0.25, 0.3) is 0 Å². The van der Waals surface area contributed by atoms with Gasteiger partial charge in [-0.3, -0.25) is 9.59 Å². The normalized spacial score (nSPS) is 14.4. The molecule has 0 atom stereocenters. The number of furan rings is 1. The number of piperidine rings is 1. The molecule has 1 aromatic heterocycles. The maximum absolute atomic E-state index is 12.8. The summed E-state index contributed by atoms with van der Waals surface area (Å²) in [6, 6.07) is 17.3. The number of nitrogens with one attached hydrogen (secondary N) is 2. The summed E-state index contributed by atoms with van der Waals surface area (Å²) in [6.45, 7) is 1.48. The molecular formula is C26H29N3O5S. The van der Waals surface area contributed by atoms with Gasteiger partial charge in [0.1, 0.15) is 0 Å². The topological polar surface area (TPSA) is 109 Å². The fourth-order valence-electron chi connectivity index (χ4n) is 3.99. The van der Waals surface area contributed by atoms with Crippen molar-refractivity contribution in [3.8, 4) is 0 Å². The number of hydrogen-bond acceptors (Lipinski definition) is 5. The molecule has 0 spiro atoms. The van der Waals surface area contributed by atoms with Crippen LogP contribution in [0.1, 0.15) is 47.4 Å². The highest BCUT2D eigenvalue weighted by Crippen LogP contribution is 2.21. The molecule has 0 radical (unpaired) electrons. The molecular weight excluding hydrogens is 466 g/mol. The van der Waals surface area contributed by atoms with Crippen LogP contribution >= 0.6 is 0 Å². The molecule has 35 heavy (non-hydrogen) atoms. The first-order valence-corrected chi connectivity index (χ1v) is 13.2. The number of nitrogens with zero attached hydrogens (tertiary/aromatic N) is 1. The van der Waals surface area contributed by atoms with Crippen molar-refractivity contribution in [2.75, 3.05) is 18.4 Å². The largest absolute Gasteiger partial charge is 0.459 e. The summed E-state index contributed by atoms with van der Waals surface area (Å²) in [4.78, 5) is 24.8. The average Bonchev–Trinajstić information content (AvgIpc) is 3.43. The number of carbonyl (C=O) groups excluding carboxylic acids is 2. The van der Waals surface area contributed by atoms with Crippen LogP contribution in [-0.4, -0.2) is 37.6 Å². The lowest BCUT2D eigenvalue weighted by Gasteiger charge is -2.25. The molecule has 2 aromatic carbocycles. The molecule has 2 amide bonds. The van der Waals surface area contributed by atoms with Crippen molar-refractivity contribution in [2.45, 2.75) is 43.5 Å². The molecule has 184 valence electrons. The lowest BCUT2D eigenvalue weighted by molar-refractivity contribution is -0.121. The quantitative estimate of drug-likeness (QED) is 0.467. The molecule has 4 rings (SSSR count). The highest BCUT2D eigenvalue weighted by molar-refractivity contribution is 7.89. The third-order valence-corrected chi connectivity index (χ3v) is 7.85. The predicted molar refractivity (Wildman–Crippen MR) is 132 cm³/mol. The van der Waals surface area contributed by atoms with Crippen molar-refractivity contribution in [1.29, 1.82) is 0 Å². The van der Waals surface area contributed by atoms with Crippen LogP contribution < -0.4 is 10.6 Å². The minimum Gasteiger partial charge on any atom is -0.459 e. The standard InChI is InChI=1S/C26H29N3O5S/c30-25(27-19-21-6-4-7-22(18-21)28-26(31)24-8-5-17-34-24)14-11-20-9-12-23(13-10-20)35(32,33)29-15-2-1-3-16-29/h4-10,12-13,17-18H,1-3,11,14-16,19H2,(H,27,30)(H,28,31). The van der Waals surface area contributed by atoms with Crippen LogP contribution in [-0.2, 0) is 27.8 Å². The highest BCUT2D eigenvalue weighted by atomic mass is 32.2. The van der Waals surface area contributed by atoms with Crippen molar-refractivity contribution >= 4 is 27.5 Å². The summed E-state index contributed by atoms with van der Waals surface area (Å²) >= 11 is 0. The molecule has 1 aliphatic heterocycles. The molecule has 8 nitrogen and oxygen atoms in total. The van der Waals surface area contributed by atoms with Gasteiger partial charge in [-0.1, -0.05) is 30.7 Å². The molecule has 3 aromatic rings. The predicted octanol–water partition coefficient (Wildman–Crippen LogP) is 3.96. The minimum atomic E-state index is -3.45. The highest BCUT2D eigenvalue weighted by Gasteiger charge is 2.25. The van der Waals surface area contributed by atoms with E-state index in [0.717, 1.165) is 30.4 Å². The molecule has 1 aliphatic rings. The zero-order valence-corrected chi connectivity index (χ0v) is 20.2. The Hall–Kier alpha value is -3.43. The van der Waals surface area contributed by atoms with E-state index in [4.69, 9.17) is 4.42 Å². The first-order valence-electron chi connectivity index (χ1n) is 11.7. The van der Waals surface area contributed by atoms with Gasteiger partial charge in [-0.2, -0.15) is 4.31 Å². The van der Waals surface area contributed by atoms with Crippen molar-refractivity contribution in [1.82, 2.24) is 9.62 Å². The van der Waals surface area contributed by atoms with Gasteiger partial charge in [0.05, 0.1) is 11.2 Å². The smallest absolute Gasteiger partial charge is 0.291 e. The number of hydrogen-bond donors (Lipinski definition) is 2. The third kappa shape index (κ3) is 6.58. The number of carbonyl (C=O) groups is 2. The molecule has 0 bridgehead atoms. The van der Waals surface area contributed by atoms with E-state index in [2.05, 4.69) is 10.6 Å². The van der Waals surface area contributed by atoms with E-state index in [1.807, 2.05) is 6.07 Å². The Bertz CT molecular complexity index is 1250. The Morgan fingerprint density at radius 3 is 2.40 bits per heavy atom. The van der Waals surface area contributed by atoms with Gasteiger partial charge in [0.25, 0.3) is 5.91 Å². The van der Waals surface area contributed by atoms with Crippen LogP contribution in [0.2, 0.25) is 0 Å². The summed E-state index contributed by atoms with van der Waals surface area (Å²) in [6.07, 6.45) is 5.10. The fraction of sp³-hybridized carbons (Fsp3) is 0.308. The summed E-state index contributed by atoms with van der Waals surface area (Å²) in [7, 11) is -3.45. The average molecular weight is 496 g/mol. The maximum atomic E-state index is 12.8. The van der Waals surface area contributed by atoms with Crippen molar-refractivity contribution in [3.63, 3.8) is 0 Å². The van der Waals surface area contributed by atoms with Crippen LogP contribution in [0, 0.1) is 0 Å². The second-order valence-corrected chi connectivity index (χ2v) is 10.5. The summed E-state index contributed by atoms with van der Waals surface area (Å²) in [5.41, 5.74) is 2.36. The Morgan fingerprint density at radius 1 is 0.914 bits per heavy atom. The number of amides is 2. The monoisotopic (exact) mass is 495 g/mol. The lowest BCUT2D eigenvalue weighted by Crippen LogP contribution is -2.35. The molecule has 0 aliphatic carbocycles. The van der Waals surface area contributed by atoms with E-state index in [-0.39, 0.29) is 24.0 Å². The van der Waals surface area contributed by atoms with Crippen LogP contribution in [0.3, 0.4) is 0 Å². The van der Waals surface area contributed by atoms with Gasteiger partial charge in [-0.05, 0) is 66.8 Å². The number of sulfonamides is 1. The first kappa shape index (κ1) is 24.7. The van der Waals surface area contributed by atoms with Crippen LogP contribution in [0.15, 0.2) is 76.2 Å². The summed E-state index contributed by atoms with van der Waals surface area (Å²) < 4.78 is 32.2. The van der Waals surface area contributed by atoms with Crippen LogP contribution in [0.4, 0.5) is 5.69 Å². The van der Waals surface area contributed by atoms with E-state index < -0.39 is 10.0 Å². The molecule has 1 saturated heterocycles. The third-order valence-electron chi connectivity index (χ3n) is 5.94. The molecule has 2 N–H and O–H groups in total. The Balaban J connectivity index is 1.25. The number of aryl methyl sites for hydroxylation is 1. The Kier molecular flexibility index (Phi) is 7.99. The maximum Gasteiger partial charge on any atom is 0.291 e. The van der Waals surface area contributed by atoms with Gasteiger partial charge in [-0.25, -0.2) is 8.42 Å². The van der Waals surface area contributed by atoms with Crippen molar-refractivity contribution in [3.05, 3.63) is 83.8 Å². The number of benzene rings is 2. The second-order valence-electron chi connectivity index (χ2n) is 8.52. The molecule has 0 unspecified atom stereocenters. The molecule has 2 heterocycles. The summed E-state index contributed by atoms with van der Waals surface area (Å²) in [5, 5.41) is 5.65. The van der Waals surface area contributed by atoms with Crippen LogP contribution in [0.5, 0.6) is 0 Å². The zero-order chi connectivity index (χ0) is 24.7. The number of anilines is 1. The van der Waals surface area contributed by atoms with E-state index in [1.54, 1.807) is 58.9 Å². The fourth-order valence-corrected chi connectivity index (χ4v) is 5.51. The van der Waals surface area contributed by atoms with E-state index in [0.29, 0.717) is 36.6 Å². The van der Waals surface area contributed by atoms with E-state index >= 15 is 0 Å². The van der Waals surface area contributed by atoms with Crippen molar-refractivity contribution in [2.24, 2.45) is 0 Å². The zero-order valence-electron chi connectivity index (χ0n) is 19.4. The minimum absolute atomic E-state index is 0.111. The van der Waals surface area contributed by atoms with Crippen molar-refractivity contribution < 1.29 is 22.4 Å². The first-order chi connectivity index (χ1) is 16.9. The number of rotatable bonds is 9. The lowest BCUT2D eigenvalue weighted by atomic mass is 10.1. The second kappa shape index (κ2) is 11.3. The van der Waals surface area contributed by atoms with E-state index in [1.165, 1.54) is 6.26 Å². The van der Waals surface area contributed by atoms with Gasteiger partial charge in [-0.15, -0.1) is 0 Å².